The Labute approximate surface area is 132 Å². The molecule has 0 radical (unpaired) electrons. The summed E-state index contributed by atoms with van der Waals surface area (Å²) >= 11 is 0. The molecule has 0 aromatic rings. The normalized spacial score (nSPS) is 13.9. The molecule has 0 saturated heterocycles. The first-order valence-corrected chi connectivity index (χ1v) is 7.06. The lowest BCUT2D eigenvalue weighted by Crippen LogP contribution is -2.60. The van der Waals surface area contributed by atoms with E-state index in [1.54, 1.807) is 0 Å². The summed E-state index contributed by atoms with van der Waals surface area (Å²) < 4.78 is 117. The molecular weight excluding hydrogens is 359 g/mol. The third kappa shape index (κ3) is 5.44. The van der Waals surface area contributed by atoms with Crippen LogP contribution >= 0.6 is 0 Å². The van der Waals surface area contributed by atoms with Gasteiger partial charge >= 0.3 is 29.9 Å². The van der Waals surface area contributed by atoms with Crippen LogP contribution in [0.2, 0.25) is 0 Å². The van der Waals surface area contributed by atoms with Crippen molar-refractivity contribution in [3.8, 4) is 0 Å². The highest BCUT2D eigenvalue weighted by atomic mass is 19.4. The van der Waals surface area contributed by atoms with E-state index in [9.17, 15) is 44.3 Å². The molecule has 0 bridgehead atoms. The van der Waals surface area contributed by atoms with E-state index in [-0.39, 0.29) is 6.61 Å². The molecule has 0 aliphatic carbocycles. The molecule has 0 amide bonds. The van der Waals surface area contributed by atoms with Crippen molar-refractivity contribution in [3.63, 3.8) is 0 Å². The fourth-order valence-electron chi connectivity index (χ4n) is 1.61. The van der Waals surface area contributed by atoms with Gasteiger partial charge in [-0.1, -0.05) is 26.2 Å². The van der Waals surface area contributed by atoms with E-state index in [2.05, 4.69) is 4.74 Å². The average Bonchev–Trinajstić information content (AvgIpc) is 2.43. The van der Waals surface area contributed by atoms with Gasteiger partial charge in [0.2, 0.25) is 0 Å². The van der Waals surface area contributed by atoms with Gasteiger partial charge in [-0.25, -0.2) is 0 Å². The van der Waals surface area contributed by atoms with Crippen molar-refractivity contribution >= 4 is 5.97 Å². The highest BCUT2D eigenvalue weighted by Gasteiger charge is 2.81. The van der Waals surface area contributed by atoms with Crippen LogP contribution in [-0.4, -0.2) is 36.5 Å². The van der Waals surface area contributed by atoms with E-state index in [1.807, 2.05) is 6.92 Å². The highest BCUT2D eigenvalue weighted by Crippen LogP contribution is 2.54. The zero-order valence-electron chi connectivity index (χ0n) is 12.7. The number of hydrogen-bond donors (Lipinski definition) is 0. The lowest BCUT2D eigenvalue weighted by molar-refractivity contribution is -0.396. The first-order valence-electron chi connectivity index (χ1n) is 7.06. The monoisotopic (exact) mass is 376 g/mol. The van der Waals surface area contributed by atoms with E-state index in [1.165, 1.54) is 0 Å². The predicted octanol–water partition coefficient (Wildman–Crippen LogP) is 5.36. The molecule has 0 aliphatic rings. The summed E-state index contributed by atoms with van der Waals surface area (Å²) in [7, 11) is 0. The number of unbranched alkanes of at least 4 members (excludes halogenated alkanes) is 3. The number of ether oxygens (including phenoxy) is 1. The minimum atomic E-state index is -6.94. The maximum atomic E-state index is 13.1. The molecule has 0 atom stereocenters. The zero-order chi connectivity index (χ0) is 19.2. The summed E-state index contributed by atoms with van der Waals surface area (Å²) in [5.41, 5.74) is 0. The van der Waals surface area contributed by atoms with Crippen molar-refractivity contribution in [2.24, 2.45) is 0 Å². The second kappa shape index (κ2) is 8.28. The Morgan fingerprint density at radius 3 is 1.83 bits per heavy atom. The number of rotatable bonds is 10. The van der Waals surface area contributed by atoms with Crippen molar-refractivity contribution < 1.29 is 49.0 Å². The Hall–Kier alpha value is -1.16. The van der Waals surface area contributed by atoms with Crippen LogP contribution in [0.5, 0.6) is 0 Å². The molecule has 0 unspecified atom stereocenters. The summed E-state index contributed by atoms with van der Waals surface area (Å²) in [5, 5.41) is 0. The lowest BCUT2D eigenvalue weighted by atomic mass is 10.00. The van der Waals surface area contributed by atoms with Crippen LogP contribution in [0.15, 0.2) is 0 Å². The van der Waals surface area contributed by atoms with Gasteiger partial charge in [0.05, 0.1) is 13.0 Å². The molecule has 2 nitrogen and oxygen atoms in total. The number of carbonyl (C=O) groups excluding carboxylic acids is 1. The summed E-state index contributed by atoms with van der Waals surface area (Å²) in [6.45, 7) is 1.71. The van der Waals surface area contributed by atoms with E-state index in [0.717, 1.165) is 12.8 Å². The van der Waals surface area contributed by atoms with E-state index >= 15 is 0 Å². The molecule has 11 heteroatoms. The number of alkyl halides is 9. The van der Waals surface area contributed by atoms with Crippen molar-refractivity contribution in [1.82, 2.24) is 0 Å². The van der Waals surface area contributed by atoms with Gasteiger partial charge in [0.1, 0.15) is 0 Å². The van der Waals surface area contributed by atoms with Gasteiger partial charge in [-0.15, -0.1) is 0 Å². The molecule has 0 aromatic carbocycles. The molecule has 144 valence electrons. The molecule has 0 aromatic heterocycles. The Morgan fingerprint density at radius 1 is 0.833 bits per heavy atom. The lowest BCUT2D eigenvalue weighted by Gasteiger charge is -2.33. The van der Waals surface area contributed by atoms with Gasteiger partial charge < -0.3 is 4.74 Å². The first-order chi connectivity index (χ1) is 10.7. The van der Waals surface area contributed by atoms with Crippen LogP contribution in [0.3, 0.4) is 0 Å². The smallest absolute Gasteiger partial charge is 0.460 e. The number of hydrogen-bond acceptors (Lipinski definition) is 2. The van der Waals surface area contributed by atoms with Gasteiger partial charge in [0.15, 0.2) is 0 Å². The first kappa shape index (κ1) is 22.8. The van der Waals surface area contributed by atoms with Crippen LogP contribution in [0.1, 0.15) is 45.4 Å². The van der Waals surface area contributed by atoms with E-state index < -0.39 is 42.8 Å². The van der Waals surface area contributed by atoms with Crippen LogP contribution < -0.4 is 0 Å². The van der Waals surface area contributed by atoms with Gasteiger partial charge in [-0.2, -0.15) is 39.5 Å². The molecule has 0 fully saturated rings. The number of carbonyl (C=O) groups is 1. The largest absolute Gasteiger partial charge is 0.466 e. The SMILES string of the molecule is CCCCCCOC(=O)CCC(F)(F)C(F)(F)C(F)(F)C(F)(F)F. The standard InChI is InChI=1S/C13H17F9O2/c1-2-3-4-5-8-24-9(23)6-7-10(14,15)11(16,17)12(18,19)13(20,21)22/h2-8H2,1H3. The van der Waals surface area contributed by atoms with Crippen molar-refractivity contribution in [2.75, 3.05) is 6.61 Å². The summed E-state index contributed by atoms with van der Waals surface area (Å²) in [6.07, 6.45) is -7.74. The second-order valence-corrected chi connectivity index (χ2v) is 5.13. The minimum absolute atomic E-state index is 0.181. The second-order valence-electron chi connectivity index (χ2n) is 5.13. The van der Waals surface area contributed by atoms with Crippen molar-refractivity contribution in [1.29, 1.82) is 0 Å². The highest BCUT2D eigenvalue weighted by molar-refractivity contribution is 5.69. The van der Waals surface area contributed by atoms with Crippen LogP contribution in [0.25, 0.3) is 0 Å². The maximum absolute atomic E-state index is 13.1. The maximum Gasteiger partial charge on any atom is 0.460 e. The summed E-state index contributed by atoms with van der Waals surface area (Å²) in [6, 6.07) is 0. The van der Waals surface area contributed by atoms with Gasteiger partial charge in [-0.3, -0.25) is 4.79 Å². The number of esters is 1. The molecule has 0 spiro atoms. The van der Waals surface area contributed by atoms with Gasteiger partial charge in [0, 0.05) is 6.42 Å². The molecule has 0 aliphatic heterocycles. The van der Waals surface area contributed by atoms with Crippen LogP contribution in [0, 0.1) is 0 Å². The molecule has 0 heterocycles. The van der Waals surface area contributed by atoms with Crippen LogP contribution in [0.4, 0.5) is 39.5 Å². The predicted molar refractivity (Wildman–Crippen MR) is 65.2 cm³/mol. The Balaban J connectivity index is 4.65. The van der Waals surface area contributed by atoms with E-state index in [0.29, 0.717) is 12.8 Å². The Kier molecular flexibility index (Phi) is 7.88. The quantitative estimate of drug-likeness (QED) is 0.292. The molecule has 0 N–H and O–H groups in total. The van der Waals surface area contributed by atoms with Crippen molar-refractivity contribution in [2.45, 2.75) is 69.4 Å². The van der Waals surface area contributed by atoms with Gasteiger partial charge in [-0.05, 0) is 6.42 Å². The molecule has 0 saturated carbocycles. The molecule has 24 heavy (non-hydrogen) atoms. The third-order valence-corrected chi connectivity index (χ3v) is 3.11. The Bertz CT molecular complexity index is 405. The number of halogens is 9. The van der Waals surface area contributed by atoms with Crippen LogP contribution in [-0.2, 0) is 9.53 Å². The topological polar surface area (TPSA) is 26.3 Å². The van der Waals surface area contributed by atoms with E-state index in [4.69, 9.17) is 0 Å². The fraction of sp³-hybridized carbons (Fsp3) is 0.923. The van der Waals surface area contributed by atoms with Crippen molar-refractivity contribution in [3.05, 3.63) is 0 Å². The average molecular weight is 376 g/mol. The minimum Gasteiger partial charge on any atom is -0.466 e. The molecular formula is C13H17F9O2. The van der Waals surface area contributed by atoms with Gasteiger partial charge in [0.25, 0.3) is 0 Å². The fourth-order valence-corrected chi connectivity index (χ4v) is 1.61. The molecule has 0 rings (SSSR count). The third-order valence-electron chi connectivity index (χ3n) is 3.11. The summed E-state index contributed by atoms with van der Waals surface area (Å²) in [4.78, 5) is 11.1. The Morgan fingerprint density at radius 2 is 1.38 bits per heavy atom. The zero-order valence-corrected chi connectivity index (χ0v) is 12.7. The summed E-state index contributed by atoms with van der Waals surface area (Å²) in [5.74, 6) is -20.8.